The average Bonchev–Trinajstić information content (AvgIpc) is 2.89. The van der Waals surface area contributed by atoms with Gasteiger partial charge in [0.05, 0.1) is 22.9 Å². The minimum Gasteiger partial charge on any atom is -0.310 e. The molecule has 0 saturated heterocycles. The molecule has 0 aliphatic rings. The third kappa shape index (κ3) is 4.19. The summed E-state index contributed by atoms with van der Waals surface area (Å²) in [6, 6.07) is 0. The van der Waals surface area contributed by atoms with Crippen molar-refractivity contribution in [3.05, 3.63) is 32.9 Å². The Kier molecular flexibility index (Phi) is 4.91. The van der Waals surface area contributed by atoms with Crippen molar-refractivity contribution in [2.75, 3.05) is 6.54 Å². The number of thiazole rings is 1. The molecule has 0 amide bonds. The Morgan fingerprint density at radius 2 is 2.33 bits per heavy atom. The molecule has 98 valence electrons. The first-order valence-electron chi connectivity index (χ1n) is 5.95. The van der Waals surface area contributed by atoms with Crippen LogP contribution in [0.4, 0.5) is 0 Å². The Labute approximate surface area is 120 Å². The molecule has 6 heteroatoms. The number of nitrogens with one attached hydrogen (secondary N) is 1. The molecule has 0 spiro atoms. The predicted octanol–water partition coefficient (Wildman–Crippen LogP) is 2.90. The Morgan fingerprint density at radius 3 is 3.00 bits per heavy atom. The molecule has 2 aromatic heterocycles. The van der Waals surface area contributed by atoms with Gasteiger partial charge in [-0.15, -0.1) is 11.3 Å². The monoisotopic (exact) mass is 328 g/mol. The van der Waals surface area contributed by atoms with Crippen LogP contribution in [-0.2, 0) is 13.1 Å². The summed E-state index contributed by atoms with van der Waals surface area (Å²) in [6.45, 7) is 7.02. The standard InChI is InChI=1S/C12H17BrN4S/c1-9(2)3-14-5-12-16-11(8-18-12)7-17-6-10(13)4-15-17/h4,6,8-9,14H,3,5,7H2,1-2H3. The van der Waals surface area contributed by atoms with Crippen LogP contribution in [0, 0.1) is 5.92 Å². The zero-order chi connectivity index (χ0) is 13.0. The maximum atomic E-state index is 4.59. The highest BCUT2D eigenvalue weighted by atomic mass is 79.9. The summed E-state index contributed by atoms with van der Waals surface area (Å²) < 4.78 is 2.88. The smallest absolute Gasteiger partial charge is 0.107 e. The van der Waals surface area contributed by atoms with E-state index in [2.05, 4.69) is 50.6 Å². The Hall–Kier alpha value is -0.720. The fourth-order valence-corrected chi connectivity index (χ4v) is 2.64. The van der Waals surface area contributed by atoms with Crippen LogP contribution in [0.3, 0.4) is 0 Å². The van der Waals surface area contributed by atoms with Gasteiger partial charge in [-0.05, 0) is 28.4 Å². The second-order valence-electron chi connectivity index (χ2n) is 4.61. The third-order valence-corrected chi connectivity index (χ3v) is 3.66. The molecule has 0 unspecified atom stereocenters. The zero-order valence-corrected chi connectivity index (χ0v) is 13.0. The van der Waals surface area contributed by atoms with Gasteiger partial charge in [0.15, 0.2) is 0 Å². The second kappa shape index (κ2) is 6.45. The first kappa shape index (κ1) is 13.7. The van der Waals surface area contributed by atoms with E-state index in [-0.39, 0.29) is 0 Å². The van der Waals surface area contributed by atoms with E-state index >= 15 is 0 Å². The van der Waals surface area contributed by atoms with Gasteiger partial charge < -0.3 is 5.32 Å². The molecule has 0 aliphatic heterocycles. The second-order valence-corrected chi connectivity index (χ2v) is 6.47. The van der Waals surface area contributed by atoms with Crippen molar-refractivity contribution in [3.8, 4) is 0 Å². The highest BCUT2D eigenvalue weighted by Crippen LogP contribution is 2.12. The zero-order valence-electron chi connectivity index (χ0n) is 10.6. The predicted molar refractivity (Wildman–Crippen MR) is 77.7 cm³/mol. The Morgan fingerprint density at radius 1 is 1.50 bits per heavy atom. The molecule has 0 radical (unpaired) electrons. The topological polar surface area (TPSA) is 42.7 Å². The van der Waals surface area contributed by atoms with Gasteiger partial charge in [-0.2, -0.15) is 5.10 Å². The van der Waals surface area contributed by atoms with Crippen molar-refractivity contribution in [1.82, 2.24) is 20.1 Å². The van der Waals surface area contributed by atoms with E-state index in [1.54, 1.807) is 17.5 Å². The molecule has 2 rings (SSSR count). The number of hydrogen-bond donors (Lipinski definition) is 1. The van der Waals surface area contributed by atoms with Gasteiger partial charge in [-0.3, -0.25) is 4.68 Å². The first-order valence-corrected chi connectivity index (χ1v) is 7.62. The van der Waals surface area contributed by atoms with E-state index in [9.17, 15) is 0 Å². The minimum atomic E-state index is 0.672. The van der Waals surface area contributed by atoms with Gasteiger partial charge in [0.2, 0.25) is 0 Å². The van der Waals surface area contributed by atoms with Crippen molar-refractivity contribution in [2.24, 2.45) is 5.92 Å². The van der Waals surface area contributed by atoms with Gasteiger partial charge in [0.1, 0.15) is 5.01 Å². The van der Waals surface area contributed by atoms with Crippen LogP contribution in [-0.4, -0.2) is 21.3 Å². The van der Waals surface area contributed by atoms with Crippen LogP contribution in [0.1, 0.15) is 24.5 Å². The molecule has 18 heavy (non-hydrogen) atoms. The minimum absolute atomic E-state index is 0.672. The van der Waals surface area contributed by atoms with E-state index in [1.165, 1.54) is 0 Å². The van der Waals surface area contributed by atoms with Crippen LogP contribution in [0.15, 0.2) is 22.2 Å². The fourth-order valence-electron chi connectivity index (χ4n) is 1.56. The van der Waals surface area contributed by atoms with E-state index in [0.717, 1.165) is 34.8 Å². The summed E-state index contributed by atoms with van der Waals surface area (Å²) in [5.41, 5.74) is 1.07. The highest BCUT2D eigenvalue weighted by molar-refractivity contribution is 9.10. The summed E-state index contributed by atoms with van der Waals surface area (Å²) in [6.07, 6.45) is 3.74. The molecule has 0 atom stereocenters. The van der Waals surface area contributed by atoms with Crippen LogP contribution < -0.4 is 5.32 Å². The normalized spacial score (nSPS) is 11.3. The van der Waals surface area contributed by atoms with Crippen molar-refractivity contribution < 1.29 is 0 Å². The number of hydrogen-bond acceptors (Lipinski definition) is 4. The quantitative estimate of drug-likeness (QED) is 0.886. The largest absolute Gasteiger partial charge is 0.310 e. The van der Waals surface area contributed by atoms with Crippen molar-refractivity contribution in [2.45, 2.75) is 26.9 Å². The van der Waals surface area contributed by atoms with E-state index < -0.39 is 0 Å². The maximum absolute atomic E-state index is 4.59. The molecule has 1 N–H and O–H groups in total. The van der Waals surface area contributed by atoms with Crippen molar-refractivity contribution in [1.29, 1.82) is 0 Å². The third-order valence-electron chi connectivity index (χ3n) is 2.35. The summed E-state index contributed by atoms with van der Waals surface area (Å²) in [7, 11) is 0. The van der Waals surface area contributed by atoms with Crippen molar-refractivity contribution in [3.63, 3.8) is 0 Å². The van der Waals surface area contributed by atoms with Crippen molar-refractivity contribution >= 4 is 27.3 Å². The lowest BCUT2D eigenvalue weighted by molar-refractivity contribution is 0.550. The molecular weight excluding hydrogens is 312 g/mol. The molecular formula is C12H17BrN4S. The summed E-state index contributed by atoms with van der Waals surface area (Å²) in [5, 5.41) is 10.9. The lowest BCUT2D eigenvalue weighted by Crippen LogP contribution is -2.18. The summed E-state index contributed by atoms with van der Waals surface area (Å²) >= 11 is 5.09. The molecule has 0 saturated carbocycles. The maximum Gasteiger partial charge on any atom is 0.107 e. The molecule has 0 fully saturated rings. The van der Waals surface area contributed by atoms with Gasteiger partial charge >= 0.3 is 0 Å². The van der Waals surface area contributed by atoms with E-state index in [1.807, 2.05) is 10.9 Å². The molecule has 2 heterocycles. The number of nitrogens with zero attached hydrogens (tertiary/aromatic N) is 3. The Balaban J connectivity index is 1.86. The lowest BCUT2D eigenvalue weighted by atomic mass is 10.2. The van der Waals surface area contributed by atoms with E-state index in [0.29, 0.717) is 5.92 Å². The molecule has 4 nitrogen and oxygen atoms in total. The molecule has 2 aromatic rings. The van der Waals surface area contributed by atoms with E-state index in [4.69, 9.17) is 0 Å². The lowest BCUT2D eigenvalue weighted by Gasteiger charge is -2.04. The first-order chi connectivity index (χ1) is 8.63. The Bertz CT molecular complexity index is 492. The van der Waals surface area contributed by atoms with Crippen LogP contribution in [0.25, 0.3) is 0 Å². The number of rotatable bonds is 6. The average molecular weight is 329 g/mol. The summed E-state index contributed by atoms with van der Waals surface area (Å²) in [4.78, 5) is 4.59. The highest BCUT2D eigenvalue weighted by Gasteiger charge is 2.04. The van der Waals surface area contributed by atoms with Gasteiger partial charge in [-0.25, -0.2) is 4.98 Å². The van der Waals surface area contributed by atoms with Gasteiger partial charge in [0.25, 0.3) is 0 Å². The van der Waals surface area contributed by atoms with Crippen LogP contribution >= 0.6 is 27.3 Å². The molecule has 0 aromatic carbocycles. The van der Waals surface area contributed by atoms with Crippen LogP contribution in [0.2, 0.25) is 0 Å². The SMILES string of the molecule is CC(C)CNCc1nc(Cn2cc(Br)cn2)cs1. The van der Waals surface area contributed by atoms with Gasteiger partial charge in [0, 0.05) is 18.1 Å². The van der Waals surface area contributed by atoms with Gasteiger partial charge in [-0.1, -0.05) is 13.8 Å². The number of aromatic nitrogens is 3. The fraction of sp³-hybridized carbons (Fsp3) is 0.500. The molecule has 0 aliphatic carbocycles. The summed E-state index contributed by atoms with van der Waals surface area (Å²) in [5.74, 6) is 0.672. The molecule has 0 bridgehead atoms. The number of halogens is 1. The van der Waals surface area contributed by atoms with Crippen LogP contribution in [0.5, 0.6) is 0 Å².